The Morgan fingerprint density at radius 1 is 1.10 bits per heavy atom. The minimum atomic E-state index is -0.674. The Labute approximate surface area is 125 Å². The molecule has 0 aliphatic carbocycles. The van der Waals surface area contributed by atoms with Crippen LogP contribution in [0.15, 0.2) is 24.3 Å². The number of hydrogen-bond donors (Lipinski definition) is 0. The fraction of sp³-hybridized carbons (Fsp3) is 0.200. The van der Waals surface area contributed by atoms with Gasteiger partial charge in [-0.15, -0.1) is 11.6 Å². The van der Waals surface area contributed by atoms with E-state index in [1.165, 1.54) is 16.7 Å². The third-order valence-electron chi connectivity index (χ3n) is 3.32. The Balaban J connectivity index is 2.44. The molecule has 2 heterocycles. The topological polar surface area (TPSA) is 30.7 Å². The molecule has 0 saturated carbocycles. The van der Waals surface area contributed by atoms with Crippen LogP contribution in [0, 0.1) is 25.5 Å². The highest BCUT2D eigenvalue weighted by Crippen LogP contribution is 2.27. The lowest BCUT2D eigenvalue weighted by Gasteiger charge is -2.11. The van der Waals surface area contributed by atoms with Gasteiger partial charge in [-0.1, -0.05) is 6.07 Å². The van der Waals surface area contributed by atoms with E-state index >= 15 is 0 Å². The van der Waals surface area contributed by atoms with Gasteiger partial charge in [0.15, 0.2) is 11.5 Å². The molecule has 0 N–H and O–H groups in total. The Morgan fingerprint density at radius 3 is 2.57 bits per heavy atom. The van der Waals surface area contributed by atoms with Crippen LogP contribution < -0.4 is 0 Å². The summed E-state index contributed by atoms with van der Waals surface area (Å²) in [6.07, 6.45) is 0. The minimum Gasteiger partial charge on any atom is -0.274 e. The van der Waals surface area contributed by atoms with Gasteiger partial charge in [0.1, 0.15) is 22.8 Å². The summed E-state index contributed by atoms with van der Waals surface area (Å²) in [5.41, 5.74) is 1.84. The van der Waals surface area contributed by atoms with E-state index in [4.69, 9.17) is 11.6 Å². The first kappa shape index (κ1) is 13.9. The average molecular weight is 308 g/mol. The van der Waals surface area contributed by atoms with Gasteiger partial charge in [0.25, 0.3) is 0 Å². The lowest BCUT2D eigenvalue weighted by Crippen LogP contribution is -2.07. The molecule has 21 heavy (non-hydrogen) atoms. The SMILES string of the molecule is Cc1ccc2nc(CCl)n(-c3c(F)ccc(C)c3F)c2n1. The zero-order valence-electron chi connectivity index (χ0n) is 11.5. The monoisotopic (exact) mass is 307 g/mol. The second-order valence-electron chi connectivity index (χ2n) is 4.82. The van der Waals surface area contributed by atoms with Crippen LogP contribution in [0.4, 0.5) is 8.78 Å². The van der Waals surface area contributed by atoms with E-state index in [0.717, 1.165) is 5.69 Å². The Hall–Kier alpha value is -2.01. The van der Waals surface area contributed by atoms with Crippen LogP contribution >= 0.6 is 11.6 Å². The van der Waals surface area contributed by atoms with Crippen molar-refractivity contribution in [2.45, 2.75) is 19.7 Å². The van der Waals surface area contributed by atoms with Crippen LogP contribution in [-0.4, -0.2) is 14.5 Å². The van der Waals surface area contributed by atoms with Crippen molar-refractivity contribution >= 4 is 22.8 Å². The van der Waals surface area contributed by atoms with E-state index in [9.17, 15) is 8.78 Å². The number of nitrogens with zero attached hydrogens (tertiary/aromatic N) is 3. The highest BCUT2D eigenvalue weighted by atomic mass is 35.5. The van der Waals surface area contributed by atoms with Crippen molar-refractivity contribution in [2.75, 3.05) is 0 Å². The van der Waals surface area contributed by atoms with Gasteiger partial charge < -0.3 is 0 Å². The number of imidazole rings is 1. The first-order valence-electron chi connectivity index (χ1n) is 6.39. The average Bonchev–Trinajstić information content (AvgIpc) is 2.81. The normalized spacial score (nSPS) is 11.3. The Bertz CT molecular complexity index is 843. The molecule has 0 aliphatic heterocycles. The summed E-state index contributed by atoms with van der Waals surface area (Å²) in [6, 6.07) is 6.18. The van der Waals surface area contributed by atoms with E-state index in [1.807, 2.05) is 0 Å². The van der Waals surface area contributed by atoms with E-state index in [0.29, 0.717) is 22.6 Å². The fourth-order valence-electron chi connectivity index (χ4n) is 2.27. The van der Waals surface area contributed by atoms with Gasteiger partial charge in [0.2, 0.25) is 0 Å². The lowest BCUT2D eigenvalue weighted by molar-refractivity contribution is 0.563. The number of pyridine rings is 1. The third kappa shape index (κ3) is 2.17. The van der Waals surface area contributed by atoms with Crippen molar-refractivity contribution in [3.05, 3.63) is 53.0 Å². The smallest absolute Gasteiger partial charge is 0.165 e. The number of rotatable bonds is 2. The maximum absolute atomic E-state index is 14.4. The van der Waals surface area contributed by atoms with Gasteiger partial charge >= 0.3 is 0 Å². The number of fused-ring (bicyclic) bond motifs is 1. The highest BCUT2D eigenvalue weighted by molar-refractivity contribution is 6.16. The second kappa shape index (κ2) is 5.07. The first-order chi connectivity index (χ1) is 10.0. The van der Waals surface area contributed by atoms with Crippen LogP contribution in [0.3, 0.4) is 0 Å². The fourth-order valence-corrected chi connectivity index (χ4v) is 2.45. The predicted molar refractivity (Wildman–Crippen MR) is 77.8 cm³/mol. The van der Waals surface area contributed by atoms with Gasteiger partial charge in [-0.3, -0.25) is 4.57 Å². The molecule has 0 fully saturated rings. The molecule has 0 amide bonds. The Kier molecular flexibility index (Phi) is 3.37. The molecule has 108 valence electrons. The van der Waals surface area contributed by atoms with Crippen molar-refractivity contribution < 1.29 is 8.78 Å². The van der Waals surface area contributed by atoms with E-state index in [-0.39, 0.29) is 11.6 Å². The summed E-state index contributed by atoms with van der Waals surface area (Å²) < 4.78 is 29.9. The third-order valence-corrected chi connectivity index (χ3v) is 3.56. The highest BCUT2D eigenvalue weighted by Gasteiger charge is 2.20. The van der Waals surface area contributed by atoms with Crippen molar-refractivity contribution in [3.8, 4) is 5.69 Å². The standard InChI is InChI=1S/C15H12ClF2N3/c1-8-3-5-10(17)14(13(8)18)21-12(7-16)20-11-6-4-9(2)19-15(11)21/h3-6H,7H2,1-2H3. The number of benzene rings is 1. The van der Waals surface area contributed by atoms with Crippen LogP contribution in [0.2, 0.25) is 0 Å². The largest absolute Gasteiger partial charge is 0.274 e. The van der Waals surface area contributed by atoms with Crippen molar-refractivity contribution in [1.82, 2.24) is 14.5 Å². The predicted octanol–water partition coefficient (Wildman–Crippen LogP) is 4.05. The second-order valence-corrected chi connectivity index (χ2v) is 5.09. The summed E-state index contributed by atoms with van der Waals surface area (Å²) in [5, 5.41) is 0. The summed E-state index contributed by atoms with van der Waals surface area (Å²) >= 11 is 5.88. The van der Waals surface area contributed by atoms with Gasteiger partial charge in [-0.25, -0.2) is 18.7 Å². The number of aromatic nitrogens is 3. The van der Waals surface area contributed by atoms with Crippen molar-refractivity contribution in [1.29, 1.82) is 0 Å². The number of hydrogen-bond acceptors (Lipinski definition) is 2. The zero-order valence-corrected chi connectivity index (χ0v) is 12.2. The van der Waals surface area contributed by atoms with Crippen LogP contribution in [0.5, 0.6) is 0 Å². The molecule has 1 aromatic carbocycles. The first-order valence-corrected chi connectivity index (χ1v) is 6.92. The summed E-state index contributed by atoms with van der Waals surface area (Å²) in [6.45, 7) is 3.39. The number of aryl methyl sites for hydroxylation is 2. The van der Waals surface area contributed by atoms with Crippen molar-refractivity contribution in [3.63, 3.8) is 0 Å². The summed E-state index contributed by atoms with van der Waals surface area (Å²) in [4.78, 5) is 8.64. The molecule has 0 aliphatic rings. The molecule has 3 rings (SSSR count). The number of halogens is 3. The maximum atomic E-state index is 14.4. The molecule has 3 nitrogen and oxygen atoms in total. The molecule has 0 unspecified atom stereocenters. The van der Waals surface area contributed by atoms with E-state index < -0.39 is 11.6 Å². The molecule has 0 bridgehead atoms. The summed E-state index contributed by atoms with van der Waals surface area (Å²) in [5.74, 6) is -0.924. The van der Waals surface area contributed by atoms with Gasteiger partial charge in [-0.05, 0) is 37.6 Å². The van der Waals surface area contributed by atoms with Crippen LogP contribution in [0.1, 0.15) is 17.1 Å². The molecule has 6 heteroatoms. The molecular weight excluding hydrogens is 296 g/mol. The quantitative estimate of drug-likeness (QED) is 0.669. The molecular formula is C15H12ClF2N3. The lowest BCUT2D eigenvalue weighted by atomic mass is 10.2. The van der Waals surface area contributed by atoms with Crippen molar-refractivity contribution in [2.24, 2.45) is 0 Å². The van der Waals surface area contributed by atoms with E-state index in [2.05, 4.69) is 9.97 Å². The molecule has 0 spiro atoms. The number of alkyl halides is 1. The van der Waals surface area contributed by atoms with E-state index in [1.54, 1.807) is 26.0 Å². The van der Waals surface area contributed by atoms with Crippen LogP contribution in [0.25, 0.3) is 16.9 Å². The van der Waals surface area contributed by atoms with Crippen LogP contribution in [-0.2, 0) is 5.88 Å². The molecule has 3 aromatic rings. The van der Waals surface area contributed by atoms with Gasteiger partial charge in [0.05, 0.1) is 5.88 Å². The minimum absolute atomic E-state index is 0.0300. The Morgan fingerprint density at radius 2 is 1.86 bits per heavy atom. The maximum Gasteiger partial charge on any atom is 0.165 e. The molecule has 0 atom stereocenters. The molecule has 0 radical (unpaired) electrons. The zero-order chi connectivity index (χ0) is 15.1. The molecule has 0 saturated heterocycles. The van der Waals surface area contributed by atoms with Gasteiger partial charge in [0, 0.05) is 5.69 Å². The van der Waals surface area contributed by atoms with Gasteiger partial charge in [-0.2, -0.15) is 0 Å². The molecule has 2 aromatic heterocycles. The summed E-state index contributed by atoms with van der Waals surface area (Å²) in [7, 11) is 0.